The highest BCUT2D eigenvalue weighted by molar-refractivity contribution is 6.03. The van der Waals surface area contributed by atoms with Gasteiger partial charge in [0.15, 0.2) is 0 Å². The fourth-order valence-corrected chi connectivity index (χ4v) is 2.08. The highest BCUT2D eigenvalue weighted by atomic mass is 19.1. The van der Waals surface area contributed by atoms with Crippen molar-refractivity contribution >= 4 is 11.6 Å². The molecule has 3 aromatic rings. The first-order valence-electron chi connectivity index (χ1n) is 6.67. The first kappa shape index (κ1) is 14.0. The van der Waals surface area contributed by atoms with E-state index in [-0.39, 0.29) is 11.7 Å². The van der Waals surface area contributed by atoms with E-state index in [2.05, 4.69) is 15.5 Å². The summed E-state index contributed by atoms with van der Waals surface area (Å²) in [5.41, 5.74) is 1.85. The molecule has 3 rings (SSSR count). The summed E-state index contributed by atoms with van der Waals surface area (Å²) in [4.78, 5) is 12.0. The highest BCUT2D eigenvalue weighted by Crippen LogP contribution is 2.10. The fourth-order valence-electron chi connectivity index (χ4n) is 2.08. The number of carbonyl (C=O) groups is 1. The van der Waals surface area contributed by atoms with E-state index in [9.17, 15) is 9.18 Å². The third-order valence-electron chi connectivity index (χ3n) is 3.09. The zero-order valence-electron chi connectivity index (χ0n) is 11.9. The fraction of sp³-hybridized carbons (Fsp3) is 0.133. The molecule has 22 heavy (non-hydrogen) atoms. The first-order chi connectivity index (χ1) is 10.6. The standard InChI is InChI=1S/C15H14FN5O/c1-20-9-12(6-17-20)15(22)19-14-7-18-21(10-14)8-11-3-2-4-13(16)5-11/h2-7,9-10H,8H2,1H3,(H,19,22). The molecule has 0 saturated carbocycles. The van der Waals surface area contributed by atoms with Crippen LogP contribution in [0.5, 0.6) is 0 Å². The zero-order valence-corrected chi connectivity index (χ0v) is 11.9. The van der Waals surface area contributed by atoms with E-state index in [0.717, 1.165) is 5.56 Å². The number of aromatic nitrogens is 4. The molecule has 0 fully saturated rings. The molecule has 1 amide bonds. The Kier molecular flexibility index (Phi) is 3.69. The third kappa shape index (κ3) is 3.20. The minimum atomic E-state index is -0.283. The van der Waals surface area contributed by atoms with Crippen molar-refractivity contribution in [2.45, 2.75) is 6.54 Å². The van der Waals surface area contributed by atoms with E-state index in [1.807, 2.05) is 6.07 Å². The lowest BCUT2D eigenvalue weighted by Gasteiger charge is -2.02. The number of nitrogens with one attached hydrogen (secondary N) is 1. The number of hydrogen-bond donors (Lipinski definition) is 1. The van der Waals surface area contributed by atoms with E-state index in [1.54, 1.807) is 41.1 Å². The Morgan fingerprint density at radius 1 is 1.27 bits per heavy atom. The average molecular weight is 299 g/mol. The Morgan fingerprint density at radius 3 is 2.86 bits per heavy atom. The zero-order chi connectivity index (χ0) is 15.5. The molecule has 112 valence electrons. The molecule has 0 saturated heterocycles. The summed E-state index contributed by atoms with van der Waals surface area (Å²) >= 11 is 0. The lowest BCUT2D eigenvalue weighted by molar-refractivity contribution is 0.102. The monoisotopic (exact) mass is 299 g/mol. The topological polar surface area (TPSA) is 64.7 Å². The lowest BCUT2D eigenvalue weighted by Crippen LogP contribution is -2.10. The van der Waals surface area contributed by atoms with Crippen LogP contribution in [0.25, 0.3) is 0 Å². The summed E-state index contributed by atoms with van der Waals surface area (Å²) in [6.07, 6.45) is 6.37. The number of amides is 1. The molecule has 1 N–H and O–H groups in total. The first-order valence-corrected chi connectivity index (χ1v) is 6.67. The van der Waals surface area contributed by atoms with Crippen molar-refractivity contribution in [3.05, 3.63) is 66.0 Å². The molecular formula is C15H14FN5O. The second kappa shape index (κ2) is 5.80. The third-order valence-corrected chi connectivity index (χ3v) is 3.09. The summed E-state index contributed by atoms with van der Waals surface area (Å²) < 4.78 is 16.3. The predicted molar refractivity (Wildman–Crippen MR) is 78.9 cm³/mol. The van der Waals surface area contributed by atoms with Crippen molar-refractivity contribution in [2.75, 3.05) is 5.32 Å². The molecule has 6 nitrogen and oxygen atoms in total. The summed E-state index contributed by atoms with van der Waals surface area (Å²) in [5, 5.41) is 10.8. The smallest absolute Gasteiger partial charge is 0.258 e. The number of halogens is 1. The van der Waals surface area contributed by atoms with Crippen molar-refractivity contribution in [1.82, 2.24) is 19.6 Å². The largest absolute Gasteiger partial charge is 0.319 e. The Balaban J connectivity index is 1.67. The average Bonchev–Trinajstić information content (AvgIpc) is 3.08. The van der Waals surface area contributed by atoms with Gasteiger partial charge in [0.25, 0.3) is 5.91 Å². The molecule has 0 aliphatic carbocycles. The number of benzene rings is 1. The number of rotatable bonds is 4. The van der Waals surface area contributed by atoms with Crippen molar-refractivity contribution < 1.29 is 9.18 Å². The molecule has 2 aromatic heterocycles. The van der Waals surface area contributed by atoms with Gasteiger partial charge in [-0.3, -0.25) is 14.2 Å². The molecule has 0 radical (unpaired) electrons. The predicted octanol–water partition coefficient (Wildman–Crippen LogP) is 2.06. The van der Waals surface area contributed by atoms with Crippen molar-refractivity contribution in [2.24, 2.45) is 7.05 Å². The van der Waals surface area contributed by atoms with Gasteiger partial charge in [0.2, 0.25) is 0 Å². The summed E-state index contributed by atoms with van der Waals surface area (Å²) in [5.74, 6) is -0.534. The molecule has 0 aliphatic rings. The van der Waals surface area contributed by atoms with E-state index >= 15 is 0 Å². The van der Waals surface area contributed by atoms with E-state index in [4.69, 9.17) is 0 Å². The maximum Gasteiger partial charge on any atom is 0.258 e. The van der Waals surface area contributed by atoms with Gasteiger partial charge in [-0.05, 0) is 17.7 Å². The second-order valence-electron chi connectivity index (χ2n) is 4.91. The van der Waals surface area contributed by atoms with Crippen LogP contribution in [0.15, 0.2) is 49.1 Å². The van der Waals surface area contributed by atoms with Gasteiger partial charge in [0, 0.05) is 19.4 Å². The number of hydrogen-bond acceptors (Lipinski definition) is 3. The van der Waals surface area contributed by atoms with Gasteiger partial charge in [0.05, 0.1) is 30.2 Å². The van der Waals surface area contributed by atoms with Crippen LogP contribution in [0.1, 0.15) is 15.9 Å². The molecule has 0 spiro atoms. The Hall–Kier alpha value is -2.96. The van der Waals surface area contributed by atoms with Gasteiger partial charge in [-0.2, -0.15) is 10.2 Å². The van der Waals surface area contributed by atoms with E-state index in [0.29, 0.717) is 17.8 Å². The van der Waals surface area contributed by atoms with Crippen LogP contribution in [0.3, 0.4) is 0 Å². The van der Waals surface area contributed by atoms with Crippen LogP contribution in [-0.2, 0) is 13.6 Å². The highest BCUT2D eigenvalue weighted by Gasteiger charge is 2.09. The van der Waals surface area contributed by atoms with Crippen molar-refractivity contribution in [3.8, 4) is 0 Å². The Labute approximate surface area is 126 Å². The number of nitrogens with zero attached hydrogens (tertiary/aromatic N) is 4. The molecule has 7 heteroatoms. The lowest BCUT2D eigenvalue weighted by atomic mass is 10.2. The van der Waals surface area contributed by atoms with Gasteiger partial charge >= 0.3 is 0 Å². The summed E-state index contributed by atoms with van der Waals surface area (Å²) in [7, 11) is 1.74. The maximum absolute atomic E-state index is 13.1. The minimum absolute atomic E-state index is 0.251. The molecule has 1 aromatic carbocycles. The number of anilines is 1. The minimum Gasteiger partial charge on any atom is -0.319 e. The molecule has 0 atom stereocenters. The van der Waals surface area contributed by atoms with Gasteiger partial charge in [-0.25, -0.2) is 4.39 Å². The second-order valence-corrected chi connectivity index (χ2v) is 4.91. The molecule has 0 bridgehead atoms. The SMILES string of the molecule is Cn1cc(C(=O)Nc2cnn(Cc3cccc(F)c3)c2)cn1. The van der Waals surface area contributed by atoms with Crippen LogP contribution < -0.4 is 5.32 Å². The quantitative estimate of drug-likeness (QED) is 0.802. The van der Waals surface area contributed by atoms with Crippen LogP contribution in [0.4, 0.5) is 10.1 Å². The Morgan fingerprint density at radius 2 is 2.14 bits per heavy atom. The van der Waals surface area contributed by atoms with Gasteiger partial charge < -0.3 is 5.32 Å². The molecular weight excluding hydrogens is 285 g/mol. The number of carbonyl (C=O) groups excluding carboxylic acids is 1. The van der Waals surface area contributed by atoms with E-state index in [1.165, 1.54) is 18.3 Å². The van der Waals surface area contributed by atoms with Crippen LogP contribution in [-0.4, -0.2) is 25.5 Å². The van der Waals surface area contributed by atoms with Crippen molar-refractivity contribution in [1.29, 1.82) is 0 Å². The van der Waals surface area contributed by atoms with Crippen molar-refractivity contribution in [3.63, 3.8) is 0 Å². The molecule has 2 heterocycles. The Bertz CT molecular complexity index is 808. The van der Waals surface area contributed by atoms with Crippen LogP contribution in [0.2, 0.25) is 0 Å². The molecule has 0 aliphatic heterocycles. The van der Waals surface area contributed by atoms with Crippen LogP contribution >= 0.6 is 0 Å². The normalized spacial score (nSPS) is 10.6. The maximum atomic E-state index is 13.1. The van der Waals surface area contributed by atoms with Crippen LogP contribution in [0, 0.1) is 5.82 Å². The van der Waals surface area contributed by atoms with Gasteiger partial charge in [-0.15, -0.1) is 0 Å². The molecule has 0 unspecified atom stereocenters. The summed E-state index contributed by atoms with van der Waals surface area (Å²) in [6.45, 7) is 0.431. The summed E-state index contributed by atoms with van der Waals surface area (Å²) in [6, 6.07) is 6.32. The van der Waals surface area contributed by atoms with Gasteiger partial charge in [-0.1, -0.05) is 12.1 Å². The number of aryl methyl sites for hydroxylation is 1. The van der Waals surface area contributed by atoms with E-state index < -0.39 is 0 Å². The van der Waals surface area contributed by atoms with Gasteiger partial charge in [0.1, 0.15) is 5.82 Å².